The summed E-state index contributed by atoms with van der Waals surface area (Å²) in [7, 11) is -2.46. The minimum Gasteiger partial charge on any atom is -0.495 e. The van der Waals surface area contributed by atoms with Gasteiger partial charge in [-0.2, -0.15) is 4.72 Å². The van der Waals surface area contributed by atoms with Gasteiger partial charge in [-0.3, -0.25) is 9.59 Å². The van der Waals surface area contributed by atoms with Crippen molar-refractivity contribution >= 4 is 44.8 Å². The lowest BCUT2D eigenvalue weighted by Gasteiger charge is -2.15. The third-order valence-electron chi connectivity index (χ3n) is 3.63. The summed E-state index contributed by atoms with van der Waals surface area (Å²) in [5.74, 6) is -0.367. The number of halogens is 1. The molecule has 0 aliphatic carbocycles. The Hall–Kier alpha value is -2.62. The van der Waals surface area contributed by atoms with Crippen LogP contribution in [0.4, 0.5) is 11.4 Å². The summed E-state index contributed by atoms with van der Waals surface area (Å²) < 4.78 is 32.3. The lowest BCUT2D eigenvalue weighted by atomic mass is 10.2. The molecule has 150 valence electrons. The average Bonchev–Trinajstić information content (AvgIpc) is 2.61. The summed E-state index contributed by atoms with van der Waals surface area (Å²) in [6.45, 7) is 2.77. The van der Waals surface area contributed by atoms with E-state index in [0.29, 0.717) is 22.1 Å². The fourth-order valence-corrected chi connectivity index (χ4v) is 3.73. The number of rotatable bonds is 7. The van der Waals surface area contributed by atoms with Gasteiger partial charge < -0.3 is 15.4 Å². The molecule has 10 heteroatoms. The number of amides is 2. The fourth-order valence-electron chi connectivity index (χ4n) is 2.27. The summed E-state index contributed by atoms with van der Waals surface area (Å²) in [6.07, 6.45) is 0. The van der Waals surface area contributed by atoms with Gasteiger partial charge in [-0.05, 0) is 49.4 Å². The van der Waals surface area contributed by atoms with Crippen molar-refractivity contribution in [2.75, 3.05) is 17.7 Å². The Labute approximate surface area is 168 Å². The van der Waals surface area contributed by atoms with Crippen LogP contribution in [0.3, 0.4) is 0 Å². The number of anilines is 2. The largest absolute Gasteiger partial charge is 0.495 e. The van der Waals surface area contributed by atoms with Crippen molar-refractivity contribution in [2.45, 2.75) is 24.8 Å². The van der Waals surface area contributed by atoms with Crippen LogP contribution >= 0.6 is 11.6 Å². The summed E-state index contributed by atoms with van der Waals surface area (Å²) in [5.41, 5.74) is 0.870. The number of sulfonamides is 1. The number of nitrogens with one attached hydrogen (secondary N) is 3. The Morgan fingerprint density at radius 3 is 2.18 bits per heavy atom. The zero-order valence-electron chi connectivity index (χ0n) is 15.4. The van der Waals surface area contributed by atoms with Crippen LogP contribution in [0.1, 0.15) is 13.8 Å². The van der Waals surface area contributed by atoms with Gasteiger partial charge in [0.15, 0.2) is 0 Å². The highest BCUT2D eigenvalue weighted by atomic mass is 35.5. The maximum Gasteiger partial charge on any atom is 0.242 e. The summed E-state index contributed by atoms with van der Waals surface area (Å²) in [6, 6.07) is 9.22. The highest BCUT2D eigenvalue weighted by Crippen LogP contribution is 2.27. The smallest absolute Gasteiger partial charge is 0.242 e. The molecule has 2 amide bonds. The molecule has 0 heterocycles. The normalized spacial score (nSPS) is 12.1. The molecule has 2 aromatic rings. The summed E-state index contributed by atoms with van der Waals surface area (Å²) in [4.78, 5) is 23.3. The van der Waals surface area contributed by atoms with Crippen molar-refractivity contribution in [1.82, 2.24) is 4.72 Å². The lowest BCUT2D eigenvalue weighted by Crippen LogP contribution is -2.41. The van der Waals surface area contributed by atoms with E-state index >= 15 is 0 Å². The van der Waals surface area contributed by atoms with Gasteiger partial charge in [0, 0.05) is 18.3 Å². The monoisotopic (exact) mass is 425 g/mol. The SMILES string of the molecule is COc1ccc(NC(=O)[C@@H](C)NS(=O)(=O)c2ccc(NC(C)=O)cc2)cc1Cl. The van der Waals surface area contributed by atoms with Crippen LogP contribution in [0.25, 0.3) is 0 Å². The maximum atomic E-state index is 12.5. The van der Waals surface area contributed by atoms with E-state index in [2.05, 4.69) is 15.4 Å². The molecule has 0 aromatic heterocycles. The molecule has 0 fully saturated rings. The van der Waals surface area contributed by atoms with Crippen LogP contribution in [0, 0.1) is 0 Å². The number of hydrogen-bond donors (Lipinski definition) is 3. The minimum atomic E-state index is -3.93. The number of carbonyl (C=O) groups is 2. The lowest BCUT2D eigenvalue weighted by molar-refractivity contribution is -0.117. The molecule has 0 bridgehead atoms. The van der Waals surface area contributed by atoms with Gasteiger partial charge in [-0.25, -0.2) is 8.42 Å². The Morgan fingerprint density at radius 2 is 1.64 bits per heavy atom. The van der Waals surface area contributed by atoms with Crippen LogP contribution in [0.15, 0.2) is 47.4 Å². The second-order valence-corrected chi connectivity index (χ2v) is 8.01. The quantitative estimate of drug-likeness (QED) is 0.631. The molecule has 0 saturated carbocycles. The first kappa shape index (κ1) is 21.7. The predicted octanol–water partition coefficient (Wildman–Crippen LogP) is 2.61. The molecule has 3 N–H and O–H groups in total. The second kappa shape index (κ2) is 9.05. The number of methoxy groups -OCH3 is 1. The van der Waals surface area contributed by atoms with Gasteiger partial charge in [0.2, 0.25) is 21.8 Å². The van der Waals surface area contributed by atoms with Gasteiger partial charge >= 0.3 is 0 Å². The Morgan fingerprint density at radius 1 is 1.04 bits per heavy atom. The molecule has 2 aromatic carbocycles. The summed E-state index contributed by atoms with van der Waals surface area (Å²) in [5, 5.41) is 5.44. The highest BCUT2D eigenvalue weighted by Gasteiger charge is 2.22. The third-order valence-corrected chi connectivity index (χ3v) is 5.48. The van der Waals surface area contributed by atoms with Gasteiger partial charge in [0.1, 0.15) is 5.75 Å². The number of hydrogen-bond acceptors (Lipinski definition) is 5. The maximum absolute atomic E-state index is 12.5. The van der Waals surface area contributed by atoms with Crippen LogP contribution in [-0.2, 0) is 19.6 Å². The molecule has 2 rings (SSSR count). The van der Waals surface area contributed by atoms with Crippen LogP contribution < -0.4 is 20.1 Å². The van der Waals surface area contributed by atoms with Crippen LogP contribution in [0.5, 0.6) is 5.75 Å². The number of ether oxygens (including phenoxy) is 1. The van der Waals surface area contributed by atoms with Crippen molar-refractivity contribution in [3.63, 3.8) is 0 Å². The van der Waals surface area contributed by atoms with E-state index in [0.717, 1.165) is 0 Å². The van der Waals surface area contributed by atoms with E-state index in [9.17, 15) is 18.0 Å². The number of carbonyl (C=O) groups excluding carboxylic acids is 2. The molecule has 0 unspecified atom stereocenters. The van der Waals surface area contributed by atoms with Gasteiger partial charge in [0.25, 0.3) is 0 Å². The molecule has 28 heavy (non-hydrogen) atoms. The molecule has 0 spiro atoms. The molecule has 8 nitrogen and oxygen atoms in total. The predicted molar refractivity (Wildman–Crippen MR) is 107 cm³/mol. The van der Waals surface area contributed by atoms with Crippen LogP contribution in [0.2, 0.25) is 5.02 Å². The van der Waals surface area contributed by atoms with Crippen molar-refractivity contribution in [3.8, 4) is 5.75 Å². The van der Waals surface area contributed by atoms with Crippen molar-refractivity contribution in [1.29, 1.82) is 0 Å². The highest BCUT2D eigenvalue weighted by molar-refractivity contribution is 7.89. The van der Waals surface area contributed by atoms with Crippen LogP contribution in [-0.4, -0.2) is 33.4 Å². The minimum absolute atomic E-state index is 0.0336. The molecule has 1 atom stereocenters. The Kier molecular flexibility index (Phi) is 7.00. The fraction of sp³-hybridized carbons (Fsp3) is 0.222. The van der Waals surface area contributed by atoms with E-state index in [1.807, 2.05) is 0 Å². The van der Waals surface area contributed by atoms with Gasteiger partial charge in [-0.1, -0.05) is 11.6 Å². The molecular weight excluding hydrogens is 406 g/mol. The van der Waals surface area contributed by atoms with Crippen molar-refractivity contribution in [3.05, 3.63) is 47.5 Å². The molecular formula is C18H20ClN3O5S. The Bertz CT molecular complexity index is 977. The van der Waals surface area contributed by atoms with E-state index in [1.54, 1.807) is 12.1 Å². The van der Waals surface area contributed by atoms with E-state index < -0.39 is 22.0 Å². The van der Waals surface area contributed by atoms with E-state index in [-0.39, 0.29) is 10.8 Å². The number of benzene rings is 2. The Balaban J connectivity index is 2.05. The molecule has 0 aliphatic heterocycles. The first-order valence-electron chi connectivity index (χ1n) is 8.17. The topological polar surface area (TPSA) is 114 Å². The van der Waals surface area contributed by atoms with E-state index in [4.69, 9.17) is 16.3 Å². The van der Waals surface area contributed by atoms with Crippen molar-refractivity contribution < 1.29 is 22.7 Å². The standard InChI is InChI=1S/C18H20ClN3O5S/c1-11(18(24)21-14-6-9-17(27-3)16(19)10-14)22-28(25,26)15-7-4-13(5-8-15)20-12(2)23/h4-11,22H,1-3H3,(H,20,23)(H,21,24)/t11-/m1/s1. The zero-order valence-corrected chi connectivity index (χ0v) is 17.0. The van der Waals surface area contributed by atoms with E-state index in [1.165, 1.54) is 51.3 Å². The molecule has 0 aliphatic rings. The first-order valence-corrected chi connectivity index (χ1v) is 10.0. The average molecular weight is 426 g/mol. The summed E-state index contributed by atoms with van der Waals surface area (Å²) >= 11 is 6.01. The van der Waals surface area contributed by atoms with Crippen molar-refractivity contribution in [2.24, 2.45) is 0 Å². The second-order valence-electron chi connectivity index (χ2n) is 5.89. The first-order chi connectivity index (χ1) is 13.1. The third kappa shape index (κ3) is 5.69. The molecule has 0 radical (unpaired) electrons. The zero-order chi connectivity index (χ0) is 20.9. The van der Waals surface area contributed by atoms with Gasteiger partial charge in [0.05, 0.1) is 23.1 Å². The van der Waals surface area contributed by atoms with Gasteiger partial charge in [-0.15, -0.1) is 0 Å². The molecule has 0 saturated heterocycles.